The van der Waals surface area contributed by atoms with Crippen molar-refractivity contribution in [1.82, 2.24) is 14.9 Å². The van der Waals surface area contributed by atoms with Gasteiger partial charge in [0.1, 0.15) is 11.8 Å². The molecule has 0 radical (unpaired) electrons. The predicted octanol–water partition coefficient (Wildman–Crippen LogP) is 2.68. The monoisotopic (exact) mass is 276 g/mol. The Bertz CT molecular complexity index is 811. The van der Waals surface area contributed by atoms with Crippen LogP contribution in [0.1, 0.15) is 16.8 Å². The smallest absolute Gasteiger partial charge is 0.145 e. The Labute approximate surface area is 123 Å². The molecule has 0 aliphatic carbocycles. The van der Waals surface area contributed by atoms with Crippen molar-refractivity contribution in [3.63, 3.8) is 0 Å². The Balaban J connectivity index is 2.07. The minimum Gasteiger partial charge on any atom is -0.343 e. The molecule has 1 N–H and O–H groups in total. The highest BCUT2D eigenvalue weighted by atomic mass is 15.0. The molecular weight excluding hydrogens is 260 g/mol. The van der Waals surface area contributed by atoms with Gasteiger partial charge in [-0.05, 0) is 24.7 Å². The Kier molecular flexibility index (Phi) is 3.67. The van der Waals surface area contributed by atoms with E-state index in [2.05, 4.69) is 45.3 Å². The fourth-order valence-corrected chi connectivity index (χ4v) is 2.64. The Hall–Kier alpha value is -2.64. The third-order valence-corrected chi connectivity index (χ3v) is 3.58. The van der Waals surface area contributed by atoms with Crippen LogP contribution in [0.3, 0.4) is 0 Å². The molecule has 21 heavy (non-hydrogen) atoms. The molecule has 0 amide bonds. The maximum absolute atomic E-state index is 9.17. The van der Waals surface area contributed by atoms with E-state index in [1.165, 1.54) is 16.5 Å². The quantitative estimate of drug-likeness (QED) is 0.797. The number of nitriles is 1. The van der Waals surface area contributed by atoms with Crippen LogP contribution < -0.4 is 5.32 Å². The molecular formula is C17H16N4. The fraction of sp³-hybridized carbons (Fsp3) is 0.176. The van der Waals surface area contributed by atoms with Crippen LogP contribution in [-0.2, 0) is 13.1 Å². The van der Waals surface area contributed by atoms with Gasteiger partial charge in [-0.25, -0.2) is 4.98 Å². The molecule has 0 fully saturated rings. The standard InChI is InChI=1S/C17H16N4/c1-19-10-14-12-21(17-7-3-2-6-15(14)17)11-13-5-4-8-20-16(13)9-18/h2-8,12,19H,10-11H2,1H3. The van der Waals surface area contributed by atoms with E-state index in [1.54, 1.807) is 6.20 Å². The zero-order valence-electron chi connectivity index (χ0n) is 11.9. The molecule has 2 aromatic heterocycles. The first-order valence-corrected chi connectivity index (χ1v) is 6.89. The minimum atomic E-state index is 0.491. The van der Waals surface area contributed by atoms with E-state index in [0.29, 0.717) is 12.2 Å². The lowest BCUT2D eigenvalue weighted by Crippen LogP contribution is -2.05. The van der Waals surface area contributed by atoms with E-state index in [4.69, 9.17) is 5.26 Å². The first-order valence-electron chi connectivity index (χ1n) is 6.89. The minimum absolute atomic E-state index is 0.491. The van der Waals surface area contributed by atoms with E-state index < -0.39 is 0 Å². The molecule has 0 aliphatic heterocycles. The molecule has 0 spiro atoms. The van der Waals surface area contributed by atoms with Crippen molar-refractivity contribution in [3.05, 3.63) is 65.6 Å². The van der Waals surface area contributed by atoms with Gasteiger partial charge in [-0.3, -0.25) is 0 Å². The van der Waals surface area contributed by atoms with Crippen LogP contribution in [0.4, 0.5) is 0 Å². The van der Waals surface area contributed by atoms with Crippen LogP contribution >= 0.6 is 0 Å². The summed E-state index contributed by atoms with van der Waals surface area (Å²) in [7, 11) is 1.95. The summed E-state index contributed by atoms with van der Waals surface area (Å²) in [6.45, 7) is 1.48. The number of nitrogens with one attached hydrogen (secondary N) is 1. The topological polar surface area (TPSA) is 53.6 Å². The number of hydrogen-bond donors (Lipinski definition) is 1. The number of hydrogen-bond acceptors (Lipinski definition) is 3. The molecule has 4 nitrogen and oxygen atoms in total. The molecule has 1 aromatic carbocycles. The van der Waals surface area contributed by atoms with Gasteiger partial charge in [-0.1, -0.05) is 24.3 Å². The number of fused-ring (bicyclic) bond motifs is 1. The van der Waals surface area contributed by atoms with Crippen molar-refractivity contribution < 1.29 is 0 Å². The van der Waals surface area contributed by atoms with Gasteiger partial charge >= 0.3 is 0 Å². The van der Waals surface area contributed by atoms with Crippen molar-refractivity contribution in [2.45, 2.75) is 13.1 Å². The average Bonchev–Trinajstić information content (AvgIpc) is 2.87. The summed E-state index contributed by atoms with van der Waals surface area (Å²) in [4.78, 5) is 4.13. The molecule has 0 saturated carbocycles. The number of rotatable bonds is 4. The maximum atomic E-state index is 9.17. The van der Waals surface area contributed by atoms with Crippen molar-refractivity contribution in [2.75, 3.05) is 7.05 Å². The van der Waals surface area contributed by atoms with Crippen molar-refractivity contribution in [2.24, 2.45) is 0 Å². The second-order valence-electron chi connectivity index (χ2n) is 4.95. The number of pyridine rings is 1. The third kappa shape index (κ3) is 2.51. The molecule has 0 unspecified atom stereocenters. The number of benzene rings is 1. The van der Waals surface area contributed by atoms with Gasteiger partial charge in [0.2, 0.25) is 0 Å². The zero-order chi connectivity index (χ0) is 14.7. The molecule has 2 heterocycles. The summed E-state index contributed by atoms with van der Waals surface area (Å²) in [5.74, 6) is 0. The SMILES string of the molecule is CNCc1cn(Cc2cccnc2C#N)c2ccccc12. The highest BCUT2D eigenvalue weighted by Gasteiger charge is 2.09. The summed E-state index contributed by atoms with van der Waals surface area (Å²) in [6, 6.07) is 14.3. The van der Waals surface area contributed by atoms with Gasteiger partial charge in [0, 0.05) is 35.4 Å². The molecule has 4 heteroatoms. The van der Waals surface area contributed by atoms with Gasteiger partial charge < -0.3 is 9.88 Å². The molecule has 3 rings (SSSR count). The van der Waals surface area contributed by atoms with Gasteiger partial charge in [-0.2, -0.15) is 5.26 Å². The second kappa shape index (κ2) is 5.78. The van der Waals surface area contributed by atoms with Gasteiger partial charge in [0.25, 0.3) is 0 Å². The predicted molar refractivity (Wildman–Crippen MR) is 82.8 cm³/mol. The molecule has 0 aliphatic rings. The summed E-state index contributed by atoms with van der Waals surface area (Å²) in [6.07, 6.45) is 3.80. The maximum Gasteiger partial charge on any atom is 0.145 e. The van der Waals surface area contributed by atoms with Crippen LogP contribution in [0.2, 0.25) is 0 Å². The highest BCUT2D eigenvalue weighted by Crippen LogP contribution is 2.22. The summed E-state index contributed by atoms with van der Waals surface area (Å²) < 4.78 is 2.18. The normalized spacial score (nSPS) is 10.7. The second-order valence-corrected chi connectivity index (χ2v) is 4.95. The van der Waals surface area contributed by atoms with Crippen LogP contribution in [0, 0.1) is 11.3 Å². The molecule has 0 bridgehead atoms. The Morgan fingerprint density at radius 3 is 2.86 bits per heavy atom. The van der Waals surface area contributed by atoms with Gasteiger partial charge in [0.15, 0.2) is 0 Å². The lowest BCUT2D eigenvalue weighted by atomic mass is 10.2. The van der Waals surface area contributed by atoms with Crippen molar-refractivity contribution in [1.29, 1.82) is 5.26 Å². The van der Waals surface area contributed by atoms with E-state index in [-0.39, 0.29) is 0 Å². The highest BCUT2D eigenvalue weighted by molar-refractivity contribution is 5.84. The van der Waals surface area contributed by atoms with Gasteiger partial charge in [0.05, 0.1) is 6.54 Å². The van der Waals surface area contributed by atoms with E-state index in [9.17, 15) is 0 Å². The average molecular weight is 276 g/mol. The van der Waals surface area contributed by atoms with Crippen LogP contribution in [-0.4, -0.2) is 16.6 Å². The third-order valence-electron chi connectivity index (χ3n) is 3.58. The Morgan fingerprint density at radius 1 is 1.19 bits per heavy atom. The fourth-order valence-electron chi connectivity index (χ4n) is 2.64. The Morgan fingerprint density at radius 2 is 2.05 bits per heavy atom. The van der Waals surface area contributed by atoms with Crippen LogP contribution in [0.5, 0.6) is 0 Å². The van der Waals surface area contributed by atoms with E-state index in [1.807, 2.05) is 25.2 Å². The summed E-state index contributed by atoms with van der Waals surface area (Å²) >= 11 is 0. The number of para-hydroxylation sites is 1. The lowest BCUT2D eigenvalue weighted by molar-refractivity contribution is 0.792. The van der Waals surface area contributed by atoms with Crippen molar-refractivity contribution in [3.8, 4) is 6.07 Å². The van der Waals surface area contributed by atoms with Gasteiger partial charge in [-0.15, -0.1) is 0 Å². The lowest BCUT2D eigenvalue weighted by Gasteiger charge is -2.06. The van der Waals surface area contributed by atoms with Crippen LogP contribution in [0.25, 0.3) is 10.9 Å². The summed E-state index contributed by atoms with van der Waals surface area (Å²) in [5.41, 5.74) is 3.87. The molecule has 0 saturated heterocycles. The first kappa shape index (κ1) is 13.3. The van der Waals surface area contributed by atoms with E-state index in [0.717, 1.165) is 12.1 Å². The number of nitrogens with zero attached hydrogens (tertiary/aromatic N) is 3. The largest absolute Gasteiger partial charge is 0.343 e. The van der Waals surface area contributed by atoms with Crippen molar-refractivity contribution >= 4 is 10.9 Å². The van der Waals surface area contributed by atoms with E-state index >= 15 is 0 Å². The summed E-state index contributed by atoms with van der Waals surface area (Å²) in [5, 5.41) is 13.6. The zero-order valence-corrected chi connectivity index (χ0v) is 11.9. The molecule has 104 valence electrons. The van der Waals surface area contributed by atoms with Crippen LogP contribution in [0.15, 0.2) is 48.8 Å². The molecule has 3 aromatic rings. The number of aromatic nitrogens is 2. The molecule has 0 atom stereocenters. The first-order chi connectivity index (χ1) is 10.3.